The van der Waals surface area contributed by atoms with E-state index >= 15 is 0 Å². The lowest BCUT2D eigenvalue weighted by Crippen LogP contribution is -2.33. The molecule has 0 aromatic rings. The van der Waals surface area contributed by atoms with Crippen LogP contribution in [-0.4, -0.2) is 23.8 Å². The van der Waals surface area contributed by atoms with Gasteiger partial charge in [-0.05, 0) is 41.0 Å². The minimum atomic E-state index is -0.496. The van der Waals surface area contributed by atoms with E-state index in [1.165, 1.54) is 0 Å². The van der Waals surface area contributed by atoms with Gasteiger partial charge in [0.2, 0.25) is 0 Å². The van der Waals surface area contributed by atoms with Gasteiger partial charge in [-0.15, -0.1) is 0 Å². The van der Waals surface area contributed by atoms with Gasteiger partial charge in [0.1, 0.15) is 0 Å². The van der Waals surface area contributed by atoms with Crippen molar-refractivity contribution in [2.24, 2.45) is 0 Å². The lowest BCUT2D eigenvalue weighted by atomic mass is 10.2. The molecule has 0 aromatic heterocycles. The minimum Gasteiger partial charge on any atom is -0.461 e. The molecule has 3 nitrogen and oxygen atoms in total. The predicted molar refractivity (Wildman–Crippen MR) is 56.1 cm³/mol. The molecule has 3 heteroatoms. The minimum absolute atomic E-state index is 0.0338. The first-order valence-electron chi connectivity index (χ1n) is 5.14. The van der Waals surface area contributed by atoms with E-state index in [4.69, 9.17) is 9.47 Å². The molecule has 0 heterocycles. The third-order valence-electron chi connectivity index (χ3n) is 1.75. The zero-order chi connectivity index (χ0) is 11.4. The Morgan fingerprint density at radius 2 is 1.79 bits per heavy atom. The average molecular weight is 202 g/mol. The molecule has 0 aromatic carbocycles. The van der Waals surface area contributed by atoms with Crippen LogP contribution in [0.4, 0.5) is 0 Å². The summed E-state index contributed by atoms with van der Waals surface area (Å²) in [5.74, 6) is -0.283. The molecule has 2 unspecified atom stereocenters. The third kappa shape index (κ3) is 5.97. The van der Waals surface area contributed by atoms with E-state index in [2.05, 4.69) is 0 Å². The number of rotatable bonds is 4. The molecule has 0 radical (unpaired) electrons. The highest BCUT2D eigenvalue weighted by Gasteiger charge is 2.23. The molecule has 0 aliphatic carbocycles. The van der Waals surface area contributed by atoms with Crippen molar-refractivity contribution < 1.29 is 14.3 Å². The molecule has 0 fully saturated rings. The van der Waals surface area contributed by atoms with E-state index < -0.39 is 6.10 Å². The standard InChI is InChI=1S/C11H22O3/c1-7-8(2)13-10(12)9(3)14-11(4,5)6/h8-9H,7H2,1-6H3. The summed E-state index contributed by atoms with van der Waals surface area (Å²) in [7, 11) is 0. The van der Waals surface area contributed by atoms with Crippen LogP contribution in [0.2, 0.25) is 0 Å². The van der Waals surface area contributed by atoms with Crippen molar-refractivity contribution in [1.29, 1.82) is 0 Å². The van der Waals surface area contributed by atoms with Crippen molar-refractivity contribution in [3.8, 4) is 0 Å². The highest BCUT2D eigenvalue weighted by atomic mass is 16.6. The Hall–Kier alpha value is -0.570. The molecule has 2 atom stereocenters. The summed E-state index contributed by atoms with van der Waals surface area (Å²) in [5, 5.41) is 0. The van der Waals surface area contributed by atoms with Gasteiger partial charge in [-0.1, -0.05) is 6.92 Å². The summed E-state index contributed by atoms with van der Waals surface area (Å²) >= 11 is 0. The second kappa shape index (κ2) is 5.35. The van der Waals surface area contributed by atoms with Gasteiger partial charge < -0.3 is 9.47 Å². The summed E-state index contributed by atoms with van der Waals surface area (Å²) in [4.78, 5) is 11.4. The number of carbonyl (C=O) groups excluding carboxylic acids is 1. The molecular weight excluding hydrogens is 180 g/mol. The third-order valence-corrected chi connectivity index (χ3v) is 1.75. The van der Waals surface area contributed by atoms with Crippen LogP contribution in [0.25, 0.3) is 0 Å². The Morgan fingerprint density at radius 1 is 1.29 bits per heavy atom. The van der Waals surface area contributed by atoms with Crippen LogP contribution in [-0.2, 0) is 14.3 Å². The van der Waals surface area contributed by atoms with Crippen molar-refractivity contribution in [3.05, 3.63) is 0 Å². The molecule has 0 rings (SSSR count). The van der Waals surface area contributed by atoms with Crippen LogP contribution < -0.4 is 0 Å². The fourth-order valence-corrected chi connectivity index (χ4v) is 0.956. The Morgan fingerprint density at radius 3 is 2.14 bits per heavy atom. The van der Waals surface area contributed by atoms with Crippen LogP contribution >= 0.6 is 0 Å². The van der Waals surface area contributed by atoms with Crippen LogP contribution in [0, 0.1) is 0 Å². The van der Waals surface area contributed by atoms with Crippen LogP contribution in [0.5, 0.6) is 0 Å². The number of ether oxygens (including phenoxy) is 2. The lowest BCUT2D eigenvalue weighted by Gasteiger charge is -2.24. The molecule has 0 bridgehead atoms. The first kappa shape index (κ1) is 13.4. The van der Waals surface area contributed by atoms with E-state index in [1.54, 1.807) is 6.92 Å². The SMILES string of the molecule is CCC(C)OC(=O)C(C)OC(C)(C)C. The summed E-state index contributed by atoms with van der Waals surface area (Å²) in [6.07, 6.45) is 0.297. The zero-order valence-corrected chi connectivity index (χ0v) is 10.1. The largest absolute Gasteiger partial charge is 0.461 e. The Bertz CT molecular complexity index is 181. The van der Waals surface area contributed by atoms with Gasteiger partial charge in [-0.25, -0.2) is 4.79 Å². The zero-order valence-electron chi connectivity index (χ0n) is 10.1. The number of hydrogen-bond donors (Lipinski definition) is 0. The molecule has 0 saturated heterocycles. The second-order valence-corrected chi connectivity index (χ2v) is 4.53. The maximum atomic E-state index is 11.4. The van der Waals surface area contributed by atoms with E-state index in [0.717, 1.165) is 6.42 Å². The van der Waals surface area contributed by atoms with Crippen molar-refractivity contribution in [2.45, 2.75) is 65.8 Å². The summed E-state index contributed by atoms with van der Waals surface area (Å²) in [5.41, 5.74) is -0.312. The van der Waals surface area contributed by atoms with Gasteiger partial charge in [0.25, 0.3) is 0 Å². The molecule has 0 N–H and O–H groups in total. The molecular formula is C11H22O3. The van der Waals surface area contributed by atoms with E-state index in [1.807, 2.05) is 34.6 Å². The van der Waals surface area contributed by atoms with Gasteiger partial charge in [-0.3, -0.25) is 0 Å². The highest BCUT2D eigenvalue weighted by Crippen LogP contribution is 2.12. The van der Waals surface area contributed by atoms with Crippen molar-refractivity contribution >= 4 is 5.97 Å². The van der Waals surface area contributed by atoms with Crippen molar-refractivity contribution in [2.75, 3.05) is 0 Å². The Balaban J connectivity index is 4.00. The first-order valence-corrected chi connectivity index (χ1v) is 5.14. The molecule has 0 aliphatic heterocycles. The molecule has 0 aliphatic rings. The molecule has 84 valence electrons. The number of carbonyl (C=O) groups is 1. The maximum Gasteiger partial charge on any atom is 0.335 e. The van der Waals surface area contributed by atoms with E-state index in [0.29, 0.717) is 0 Å². The second-order valence-electron chi connectivity index (χ2n) is 4.53. The topological polar surface area (TPSA) is 35.5 Å². The normalized spacial score (nSPS) is 16.1. The van der Waals surface area contributed by atoms with Gasteiger partial charge in [0.15, 0.2) is 6.10 Å². The average Bonchev–Trinajstić information content (AvgIpc) is 2.00. The molecule has 14 heavy (non-hydrogen) atoms. The van der Waals surface area contributed by atoms with Gasteiger partial charge in [0, 0.05) is 0 Å². The first-order chi connectivity index (χ1) is 6.26. The van der Waals surface area contributed by atoms with Crippen molar-refractivity contribution in [3.63, 3.8) is 0 Å². The Labute approximate surface area is 86.8 Å². The fourth-order valence-electron chi connectivity index (χ4n) is 0.956. The molecule has 0 spiro atoms. The smallest absolute Gasteiger partial charge is 0.335 e. The summed E-state index contributed by atoms with van der Waals surface area (Å²) in [6, 6.07) is 0. The highest BCUT2D eigenvalue weighted by molar-refractivity contribution is 5.74. The summed E-state index contributed by atoms with van der Waals surface area (Å²) in [6.45, 7) is 11.3. The van der Waals surface area contributed by atoms with E-state index in [9.17, 15) is 4.79 Å². The number of esters is 1. The molecule has 0 saturated carbocycles. The predicted octanol–water partition coefficient (Wildman–Crippen LogP) is 2.53. The van der Waals surface area contributed by atoms with Crippen LogP contribution in [0.1, 0.15) is 48.0 Å². The van der Waals surface area contributed by atoms with Crippen molar-refractivity contribution in [1.82, 2.24) is 0 Å². The van der Waals surface area contributed by atoms with Gasteiger partial charge >= 0.3 is 5.97 Å². The quantitative estimate of drug-likeness (QED) is 0.657. The Kier molecular flexibility index (Phi) is 5.13. The summed E-state index contributed by atoms with van der Waals surface area (Å²) < 4.78 is 10.6. The number of hydrogen-bond acceptors (Lipinski definition) is 3. The monoisotopic (exact) mass is 202 g/mol. The van der Waals surface area contributed by atoms with Gasteiger partial charge in [-0.2, -0.15) is 0 Å². The maximum absolute atomic E-state index is 11.4. The van der Waals surface area contributed by atoms with Crippen LogP contribution in [0.15, 0.2) is 0 Å². The van der Waals surface area contributed by atoms with Gasteiger partial charge in [0.05, 0.1) is 11.7 Å². The van der Waals surface area contributed by atoms with Crippen LogP contribution in [0.3, 0.4) is 0 Å². The lowest BCUT2D eigenvalue weighted by molar-refractivity contribution is -0.169. The fraction of sp³-hybridized carbons (Fsp3) is 0.909. The molecule has 0 amide bonds. The van der Waals surface area contributed by atoms with E-state index in [-0.39, 0.29) is 17.7 Å².